The van der Waals surface area contributed by atoms with Crippen LogP contribution in [-0.2, 0) is 0 Å². The van der Waals surface area contributed by atoms with Gasteiger partial charge in [-0.15, -0.1) is 0 Å². The molecule has 20 heavy (non-hydrogen) atoms. The summed E-state index contributed by atoms with van der Waals surface area (Å²) >= 11 is 5.99. The molecule has 104 valence electrons. The number of ether oxygens (including phenoxy) is 1. The molecule has 0 fully saturated rings. The molecule has 1 aromatic heterocycles. The number of benzene rings is 1. The van der Waals surface area contributed by atoms with Crippen molar-refractivity contribution in [2.45, 2.75) is 31.9 Å². The Balaban J connectivity index is 2.05. The summed E-state index contributed by atoms with van der Waals surface area (Å²) in [6.45, 7) is 2.08. The first-order valence-electron chi connectivity index (χ1n) is 6.68. The average molecular weight is 291 g/mol. The van der Waals surface area contributed by atoms with E-state index >= 15 is 0 Å². The van der Waals surface area contributed by atoms with Gasteiger partial charge in [0.15, 0.2) is 5.78 Å². The van der Waals surface area contributed by atoms with Crippen molar-refractivity contribution in [1.29, 1.82) is 0 Å². The second-order valence-corrected chi connectivity index (χ2v) is 5.34. The Morgan fingerprint density at radius 3 is 3.00 bits per heavy atom. The van der Waals surface area contributed by atoms with Crippen LogP contribution in [-0.4, -0.2) is 21.4 Å². The van der Waals surface area contributed by atoms with Gasteiger partial charge >= 0.3 is 0 Å². The first-order chi connectivity index (χ1) is 9.70. The van der Waals surface area contributed by atoms with Crippen LogP contribution in [0.5, 0.6) is 5.75 Å². The summed E-state index contributed by atoms with van der Waals surface area (Å²) in [5.74, 6) is 0.652. The van der Waals surface area contributed by atoms with Gasteiger partial charge < -0.3 is 9.30 Å². The topological polar surface area (TPSA) is 44.1 Å². The highest BCUT2D eigenvalue weighted by atomic mass is 35.5. The highest BCUT2D eigenvalue weighted by molar-refractivity contribution is 6.31. The van der Waals surface area contributed by atoms with Gasteiger partial charge in [0.1, 0.15) is 17.9 Å². The van der Waals surface area contributed by atoms with Crippen LogP contribution in [0.3, 0.4) is 0 Å². The lowest BCUT2D eigenvalue weighted by Gasteiger charge is -2.33. The van der Waals surface area contributed by atoms with Gasteiger partial charge in [-0.2, -0.15) is 0 Å². The Labute approximate surface area is 122 Å². The summed E-state index contributed by atoms with van der Waals surface area (Å²) in [6.07, 6.45) is 6.72. The Morgan fingerprint density at radius 1 is 1.45 bits per heavy atom. The van der Waals surface area contributed by atoms with Gasteiger partial charge in [-0.05, 0) is 24.6 Å². The van der Waals surface area contributed by atoms with Crippen molar-refractivity contribution in [1.82, 2.24) is 9.55 Å². The predicted octanol–water partition coefficient (Wildman–Crippen LogP) is 3.52. The molecule has 0 amide bonds. The average Bonchev–Trinajstić information content (AvgIpc) is 2.94. The minimum Gasteiger partial charge on any atom is -0.487 e. The van der Waals surface area contributed by atoms with E-state index in [1.165, 1.54) is 0 Å². The molecule has 1 aliphatic rings. The molecule has 0 bridgehead atoms. The van der Waals surface area contributed by atoms with Crippen molar-refractivity contribution in [2.24, 2.45) is 0 Å². The van der Waals surface area contributed by atoms with E-state index in [0.717, 1.165) is 12.8 Å². The smallest absolute Gasteiger partial charge is 0.193 e. The number of hydrogen-bond acceptors (Lipinski definition) is 3. The van der Waals surface area contributed by atoms with Crippen LogP contribution < -0.4 is 4.74 Å². The normalized spacial score (nSPS) is 21.4. The second kappa shape index (κ2) is 5.29. The van der Waals surface area contributed by atoms with Gasteiger partial charge in [0.2, 0.25) is 0 Å². The second-order valence-electron chi connectivity index (χ2n) is 4.90. The highest BCUT2D eigenvalue weighted by Crippen LogP contribution is 2.36. The SMILES string of the molecule is CCCC1Oc2ccc(Cl)cc2C(=O)C1n1ccnc1. The van der Waals surface area contributed by atoms with Gasteiger partial charge in [0.25, 0.3) is 0 Å². The fraction of sp³-hybridized carbons (Fsp3) is 0.333. The van der Waals surface area contributed by atoms with E-state index in [-0.39, 0.29) is 17.9 Å². The maximum atomic E-state index is 12.8. The third-order valence-electron chi connectivity index (χ3n) is 3.53. The Hall–Kier alpha value is -1.81. The first kappa shape index (κ1) is 13.2. The van der Waals surface area contributed by atoms with E-state index in [1.807, 2.05) is 4.57 Å². The van der Waals surface area contributed by atoms with E-state index in [2.05, 4.69) is 11.9 Å². The van der Waals surface area contributed by atoms with E-state index in [4.69, 9.17) is 16.3 Å². The van der Waals surface area contributed by atoms with Crippen molar-refractivity contribution in [3.8, 4) is 5.75 Å². The number of ketones is 1. The summed E-state index contributed by atoms with van der Waals surface area (Å²) in [5.41, 5.74) is 0.545. The van der Waals surface area contributed by atoms with Crippen molar-refractivity contribution in [3.63, 3.8) is 0 Å². The van der Waals surface area contributed by atoms with Gasteiger partial charge in [-0.1, -0.05) is 24.9 Å². The minimum absolute atomic E-state index is 0.0326. The van der Waals surface area contributed by atoms with Crippen LogP contribution in [0.1, 0.15) is 36.2 Å². The van der Waals surface area contributed by atoms with Crippen molar-refractivity contribution in [3.05, 3.63) is 47.5 Å². The molecule has 4 nitrogen and oxygen atoms in total. The molecule has 2 unspecified atom stereocenters. The molecular weight excluding hydrogens is 276 g/mol. The van der Waals surface area contributed by atoms with Crippen LogP contribution in [0, 0.1) is 0 Å². The Bertz CT molecular complexity index is 625. The molecular formula is C15H15ClN2O2. The van der Waals surface area contributed by atoms with E-state index in [9.17, 15) is 4.79 Å². The fourth-order valence-electron chi connectivity index (χ4n) is 2.62. The van der Waals surface area contributed by atoms with Crippen LogP contribution >= 0.6 is 11.6 Å². The molecule has 2 atom stereocenters. The molecule has 0 N–H and O–H groups in total. The molecule has 5 heteroatoms. The van der Waals surface area contributed by atoms with Crippen LogP contribution in [0.25, 0.3) is 0 Å². The quantitative estimate of drug-likeness (QED) is 0.869. The lowest BCUT2D eigenvalue weighted by molar-refractivity contribution is 0.0656. The molecule has 1 aromatic carbocycles. The number of rotatable bonds is 3. The number of aromatic nitrogens is 2. The monoisotopic (exact) mass is 290 g/mol. The van der Waals surface area contributed by atoms with Gasteiger partial charge in [0.05, 0.1) is 11.9 Å². The summed E-state index contributed by atoms with van der Waals surface area (Å²) in [6, 6.07) is 4.81. The molecule has 2 aromatic rings. The number of Topliss-reactive ketones (excluding diaryl/α,β-unsaturated/α-hetero) is 1. The lowest BCUT2D eigenvalue weighted by Crippen LogP contribution is -2.39. The molecule has 2 heterocycles. The third-order valence-corrected chi connectivity index (χ3v) is 3.76. The molecule has 0 saturated heterocycles. The number of imidazole rings is 1. The molecule has 0 radical (unpaired) electrons. The zero-order valence-electron chi connectivity index (χ0n) is 11.1. The standard InChI is InChI=1S/C15H15ClN2O2/c1-2-3-13-14(18-7-6-17-9-18)15(19)11-8-10(16)4-5-12(11)20-13/h4-9,13-14H,2-3H2,1H3. The van der Waals surface area contributed by atoms with Gasteiger partial charge in [-0.3, -0.25) is 4.79 Å². The number of fused-ring (bicyclic) bond motifs is 1. The van der Waals surface area contributed by atoms with E-state index < -0.39 is 0 Å². The maximum absolute atomic E-state index is 12.8. The molecule has 0 aliphatic carbocycles. The molecule has 1 aliphatic heterocycles. The van der Waals surface area contributed by atoms with E-state index in [1.54, 1.807) is 36.9 Å². The lowest BCUT2D eigenvalue weighted by atomic mass is 9.93. The van der Waals surface area contributed by atoms with Crippen molar-refractivity contribution >= 4 is 17.4 Å². The van der Waals surface area contributed by atoms with Crippen LogP contribution in [0.15, 0.2) is 36.9 Å². The Morgan fingerprint density at radius 2 is 2.30 bits per heavy atom. The molecule has 0 spiro atoms. The number of carbonyl (C=O) groups is 1. The van der Waals surface area contributed by atoms with Crippen molar-refractivity contribution < 1.29 is 9.53 Å². The summed E-state index contributed by atoms with van der Waals surface area (Å²) in [5, 5.41) is 0.541. The van der Waals surface area contributed by atoms with Crippen LogP contribution in [0.2, 0.25) is 5.02 Å². The number of nitrogens with zero attached hydrogens (tertiary/aromatic N) is 2. The predicted molar refractivity (Wildman–Crippen MR) is 76.4 cm³/mol. The third kappa shape index (κ3) is 2.20. The summed E-state index contributed by atoms with van der Waals surface area (Å²) in [4.78, 5) is 16.8. The van der Waals surface area contributed by atoms with Gasteiger partial charge in [-0.25, -0.2) is 4.98 Å². The number of hydrogen-bond donors (Lipinski definition) is 0. The largest absolute Gasteiger partial charge is 0.487 e. The molecule has 3 rings (SSSR count). The Kier molecular flexibility index (Phi) is 3.49. The summed E-state index contributed by atoms with van der Waals surface area (Å²) < 4.78 is 7.82. The maximum Gasteiger partial charge on any atom is 0.193 e. The van der Waals surface area contributed by atoms with Crippen molar-refractivity contribution in [2.75, 3.05) is 0 Å². The van der Waals surface area contributed by atoms with Gasteiger partial charge in [0, 0.05) is 17.4 Å². The van der Waals surface area contributed by atoms with E-state index in [0.29, 0.717) is 16.3 Å². The highest BCUT2D eigenvalue weighted by Gasteiger charge is 2.37. The number of carbonyl (C=O) groups excluding carboxylic acids is 1. The van der Waals surface area contributed by atoms with Crippen LogP contribution in [0.4, 0.5) is 0 Å². The first-order valence-corrected chi connectivity index (χ1v) is 7.06. The number of halogens is 1. The minimum atomic E-state index is -0.372. The molecule has 0 saturated carbocycles. The summed E-state index contributed by atoms with van der Waals surface area (Å²) in [7, 11) is 0. The zero-order valence-corrected chi connectivity index (χ0v) is 11.9. The zero-order chi connectivity index (χ0) is 14.1. The fourth-order valence-corrected chi connectivity index (χ4v) is 2.79.